The van der Waals surface area contributed by atoms with Gasteiger partial charge in [-0.1, -0.05) is 64.9 Å². The number of thioether (sulfide) groups is 1. The van der Waals surface area contributed by atoms with Crippen LogP contribution in [0.15, 0.2) is 52.9 Å². The predicted octanol–water partition coefficient (Wildman–Crippen LogP) is 3.96. The standard InChI is InChI=1S/C19H19ClN4O3S3/c1-13-5-4-6-14(11-13)12-28-10-9-21-30(26,27)19-24-23-18(29-19)22-17(25)15-7-2-3-8-16(15)20/h2-8,11,21H,9-10,12H2,1H3,(H,22,23,25). The molecule has 2 aromatic carbocycles. The number of aromatic nitrogens is 2. The number of rotatable bonds is 9. The lowest BCUT2D eigenvalue weighted by Gasteiger charge is -2.05. The SMILES string of the molecule is Cc1cccc(CSCCNS(=O)(=O)c2nnc(NC(=O)c3ccccc3Cl)s2)c1. The van der Waals surface area contributed by atoms with Crippen molar-refractivity contribution in [3.8, 4) is 0 Å². The maximum absolute atomic E-state index is 12.4. The Balaban J connectivity index is 1.50. The first kappa shape index (κ1) is 22.7. The second-order valence-electron chi connectivity index (χ2n) is 6.25. The van der Waals surface area contributed by atoms with Gasteiger partial charge in [0.1, 0.15) is 0 Å². The summed E-state index contributed by atoms with van der Waals surface area (Å²) in [5, 5.41) is 10.3. The lowest BCUT2D eigenvalue weighted by atomic mass is 10.2. The summed E-state index contributed by atoms with van der Waals surface area (Å²) >= 11 is 8.40. The van der Waals surface area contributed by atoms with Gasteiger partial charge in [0.05, 0.1) is 10.6 Å². The molecule has 30 heavy (non-hydrogen) atoms. The third kappa shape index (κ3) is 6.26. The molecule has 2 N–H and O–H groups in total. The smallest absolute Gasteiger partial charge is 0.269 e. The van der Waals surface area contributed by atoms with Gasteiger partial charge in [-0.2, -0.15) is 11.8 Å². The number of nitrogens with one attached hydrogen (secondary N) is 2. The molecule has 3 rings (SSSR count). The molecule has 3 aromatic rings. The van der Waals surface area contributed by atoms with Crippen LogP contribution < -0.4 is 10.0 Å². The Bertz CT molecular complexity index is 1140. The lowest BCUT2D eigenvalue weighted by molar-refractivity contribution is 0.102. The molecule has 0 atom stereocenters. The van der Waals surface area contributed by atoms with Crippen molar-refractivity contribution in [3.63, 3.8) is 0 Å². The molecule has 1 aromatic heterocycles. The second-order valence-corrected chi connectivity index (χ2v) is 10.7. The molecule has 0 aliphatic rings. The quantitative estimate of drug-likeness (QED) is 0.353. The average molecular weight is 483 g/mol. The molecule has 0 saturated heterocycles. The lowest BCUT2D eigenvalue weighted by Crippen LogP contribution is -2.26. The van der Waals surface area contributed by atoms with Crippen molar-refractivity contribution in [1.29, 1.82) is 0 Å². The van der Waals surface area contributed by atoms with Crippen molar-refractivity contribution < 1.29 is 13.2 Å². The van der Waals surface area contributed by atoms with Gasteiger partial charge in [-0.05, 0) is 24.6 Å². The number of hydrogen-bond donors (Lipinski definition) is 2. The van der Waals surface area contributed by atoms with Crippen LogP contribution in [0.2, 0.25) is 5.02 Å². The van der Waals surface area contributed by atoms with E-state index in [0.29, 0.717) is 5.75 Å². The number of benzene rings is 2. The Labute approximate surface area is 188 Å². The van der Waals surface area contributed by atoms with E-state index in [0.717, 1.165) is 17.1 Å². The first-order chi connectivity index (χ1) is 14.3. The van der Waals surface area contributed by atoms with Crippen molar-refractivity contribution in [1.82, 2.24) is 14.9 Å². The molecular formula is C19H19ClN4O3S3. The molecule has 1 amide bonds. The molecule has 158 valence electrons. The first-order valence-corrected chi connectivity index (χ1v) is 12.7. The van der Waals surface area contributed by atoms with Gasteiger partial charge in [0.2, 0.25) is 9.47 Å². The molecule has 0 bridgehead atoms. The third-order valence-corrected chi connectivity index (χ3v) is 7.89. The highest BCUT2D eigenvalue weighted by molar-refractivity contribution is 7.98. The Morgan fingerprint density at radius 1 is 1.17 bits per heavy atom. The molecular weight excluding hydrogens is 464 g/mol. The summed E-state index contributed by atoms with van der Waals surface area (Å²) in [5.74, 6) is 0.934. The maximum Gasteiger partial charge on any atom is 0.269 e. The van der Waals surface area contributed by atoms with Gasteiger partial charge >= 0.3 is 0 Å². The molecule has 0 aliphatic heterocycles. The highest BCUT2D eigenvalue weighted by Gasteiger charge is 2.21. The predicted molar refractivity (Wildman–Crippen MR) is 122 cm³/mol. The minimum Gasteiger partial charge on any atom is -0.296 e. The number of nitrogens with zero attached hydrogens (tertiary/aromatic N) is 2. The molecule has 0 aliphatic carbocycles. The van der Waals surface area contributed by atoms with E-state index >= 15 is 0 Å². The number of carbonyl (C=O) groups excluding carboxylic acids is 1. The number of carbonyl (C=O) groups is 1. The van der Waals surface area contributed by atoms with Gasteiger partial charge in [-0.3, -0.25) is 10.1 Å². The molecule has 11 heteroatoms. The average Bonchev–Trinajstić information content (AvgIpc) is 3.17. The summed E-state index contributed by atoms with van der Waals surface area (Å²) in [6.45, 7) is 2.30. The molecule has 1 heterocycles. The number of sulfonamides is 1. The van der Waals surface area contributed by atoms with E-state index in [2.05, 4.69) is 26.3 Å². The van der Waals surface area contributed by atoms with Crippen LogP contribution in [0.1, 0.15) is 21.5 Å². The van der Waals surface area contributed by atoms with E-state index in [1.54, 1.807) is 36.0 Å². The van der Waals surface area contributed by atoms with Crippen LogP contribution in [-0.4, -0.2) is 36.8 Å². The van der Waals surface area contributed by atoms with Crippen LogP contribution in [0.3, 0.4) is 0 Å². The minimum atomic E-state index is -3.80. The van der Waals surface area contributed by atoms with E-state index < -0.39 is 15.9 Å². The summed E-state index contributed by atoms with van der Waals surface area (Å²) in [7, 11) is -3.80. The van der Waals surface area contributed by atoms with E-state index in [-0.39, 0.29) is 26.6 Å². The van der Waals surface area contributed by atoms with E-state index in [1.807, 2.05) is 25.1 Å². The van der Waals surface area contributed by atoms with E-state index in [9.17, 15) is 13.2 Å². The fourth-order valence-electron chi connectivity index (χ4n) is 2.48. The van der Waals surface area contributed by atoms with E-state index in [1.165, 1.54) is 11.1 Å². The van der Waals surface area contributed by atoms with Gasteiger partial charge in [-0.25, -0.2) is 13.1 Å². The Morgan fingerprint density at radius 3 is 2.73 bits per heavy atom. The summed E-state index contributed by atoms with van der Waals surface area (Å²) in [5.41, 5.74) is 2.66. The maximum atomic E-state index is 12.4. The van der Waals surface area contributed by atoms with Crippen LogP contribution in [0.25, 0.3) is 0 Å². The van der Waals surface area contributed by atoms with Gasteiger partial charge < -0.3 is 0 Å². The topological polar surface area (TPSA) is 101 Å². The zero-order chi connectivity index (χ0) is 21.6. The number of hydrogen-bond acceptors (Lipinski definition) is 7. The number of amides is 1. The van der Waals surface area contributed by atoms with Crippen molar-refractivity contribution in [2.75, 3.05) is 17.6 Å². The third-order valence-electron chi connectivity index (χ3n) is 3.86. The van der Waals surface area contributed by atoms with Crippen molar-refractivity contribution >= 4 is 55.8 Å². The fraction of sp³-hybridized carbons (Fsp3) is 0.211. The van der Waals surface area contributed by atoms with Crippen molar-refractivity contribution in [2.45, 2.75) is 17.0 Å². The Kier molecular flexibility index (Phi) is 7.84. The first-order valence-electron chi connectivity index (χ1n) is 8.87. The van der Waals surface area contributed by atoms with Gasteiger partial charge in [-0.15, -0.1) is 10.2 Å². The normalized spacial score (nSPS) is 11.4. The largest absolute Gasteiger partial charge is 0.296 e. The summed E-state index contributed by atoms with van der Waals surface area (Å²) in [4.78, 5) is 12.3. The number of aryl methyl sites for hydroxylation is 1. The zero-order valence-electron chi connectivity index (χ0n) is 16.0. The Morgan fingerprint density at radius 2 is 1.97 bits per heavy atom. The summed E-state index contributed by atoms with van der Waals surface area (Å²) in [6.07, 6.45) is 0. The molecule has 0 radical (unpaired) electrons. The zero-order valence-corrected chi connectivity index (χ0v) is 19.2. The summed E-state index contributed by atoms with van der Waals surface area (Å²) in [6, 6.07) is 14.7. The number of halogens is 1. The molecule has 0 unspecified atom stereocenters. The highest BCUT2D eigenvalue weighted by Crippen LogP contribution is 2.22. The Hall–Kier alpha value is -1.98. The second kappa shape index (κ2) is 10.4. The highest BCUT2D eigenvalue weighted by atomic mass is 35.5. The molecule has 0 saturated carbocycles. The number of anilines is 1. The van der Waals surface area contributed by atoms with Gasteiger partial charge in [0.15, 0.2) is 0 Å². The molecule has 0 fully saturated rings. The van der Waals surface area contributed by atoms with Crippen LogP contribution in [0, 0.1) is 6.92 Å². The molecule has 0 spiro atoms. The van der Waals surface area contributed by atoms with Crippen LogP contribution in [-0.2, 0) is 15.8 Å². The van der Waals surface area contributed by atoms with Crippen LogP contribution in [0.5, 0.6) is 0 Å². The monoisotopic (exact) mass is 482 g/mol. The van der Waals surface area contributed by atoms with Gasteiger partial charge in [0, 0.05) is 18.1 Å². The fourth-order valence-corrected chi connectivity index (χ4v) is 5.60. The van der Waals surface area contributed by atoms with Crippen LogP contribution in [0.4, 0.5) is 5.13 Å². The van der Waals surface area contributed by atoms with Crippen molar-refractivity contribution in [3.05, 3.63) is 70.2 Å². The minimum absolute atomic E-state index is 0.0779. The van der Waals surface area contributed by atoms with E-state index in [4.69, 9.17) is 11.6 Å². The van der Waals surface area contributed by atoms with Gasteiger partial charge in [0.25, 0.3) is 15.9 Å². The van der Waals surface area contributed by atoms with Crippen molar-refractivity contribution in [2.24, 2.45) is 0 Å². The van der Waals surface area contributed by atoms with Crippen LogP contribution >= 0.6 is 34.7 Å². The molecule has 7 nitrogen and oxygen atoms in total. The summed E-state index contributed by atoms with van der Waals surface area (Å²) < 4.78 is 27.1.